The summed E-state index contributed by atoms with van der Waals surface area (Å²) in [6.07, 6.45) is 0. The monoisotopic (exact) mass is 260 g/mol. The van der Waals surface area contributed by atoms with Gasteiger partial charge in [0, 0.05) is 11.1 Å². The second-order valence-electron chi connectivity index (χ2n) is 2.84. The van der Waals surface area contributed by atoms with Crippen molar-refractivity contribution in [2.24, 2.45) is 0 Å². The number of nitrogens with zero attached hydrogens (tertiary/aromatic N) is 2. The molecule has 2 nitrogen and oxygen atoms in total. The maximum Gasteiger partial charge on any atom is 0.164 e. The third kappa shape index (κ3) is 2.97. The number of rotatable bonds is 0. The molecule has 0 unspecified atom stereocenters. The zero-order valence-corrected chi connectivity index (χ0v) is 11.9. The maximum atomic E-state index is 13.2. The lowest BCUT2D eigenvalue weighted by atomic mass is 10.1. The summed E-state index contributed by atoms with van der Waals surface area (Å²) in [6, 6.07) is 0. The Hall–Kier alpha value is -1.10. The number of aryl methyl sites for hydroxylation is 2. The first-order chi connectivity index (χ1) is 8.13. The molecule has 17 heavy (non-hydrogen) atoms. The summed E-state index contributed by atoms with van der Waals surface area (Å²) in [6.45, 7) is 11.0. The molecule has 0 saturated heterocycles. The van der Waals surface area contributed by atoms with Gasteiger partial charge < -0.3 is 0 Å². The number of hydrogen-bond donors (Lipinski definition) is 0. The fraction of sp³-hybridized carbons (Fsp3) is 0.500. The summed E-state index contributed by atoms with van der Waals surface area (Å²) in [5.41, 5.74) is 1.38. The van der Waals surface area contributed by atoms with Gasteiger partial charge in [-0.3, -0.25) is 0 Å². The van der Waals surface area contributed by atoms with E-state index < -0.39 is 11.6 Å². The van der Waals surface area contributed by atoms with Crippen molar-refractivity contribution in [3.8, 4) is 0 Å². The topological polar surface area (TPSA) is 25.8 Å². The highest BCUT2D eigenvalue weighted by Crippen LogP contribution is 2.25. The Morgan fingerprint density at radius 3 is 1.35 bits per heavy atom. The molecule has 0 amide bonds. The highest BCUT2D eigenvalue weighted by atomic mass is 32.1. The van der Waals surface area contributed by atoms with Crippen LogP contribution < -0.4 is 0 Å². The number of hydrogen-bond acceptors (Lipinski definition) is 3. The first-order valence-corrected chi connectivity index (χ1v) is 6.42. The minimum absolute atomic E-state index is 0.229. The van der Waals surface area contributed by atoms with Crippen molar-refractivity contribution in [2.45, 2.75) is 41.5 Å². The molecule has 1 aromatic heterocycles. The number of aromatic nitrogens is 2. The first kappa shape index (κ1) is 15.9. The quantitative estimate of drug-likeness (QED) is 0.689. The Balaban J connectivity index is 0.000000581. The average molecular weight is 260 g/mol. The van der Waals surface area contributed by atoms with Crippen molar-refractivity contribution in [1.82, 2.24) is 8.75 Å². The van der Waals surface area contributed by atoms with Crippen LogP contribution in [0.1, 0.15) is 38.8 Å². The molecule has 0 bridgehead atoms. The van der Waals surface area contributed by atoms with Crippen molar-refractivity contribution in [3.05, 3.63) is 22.8 Å². The first-order valence-electron chi connectivity index (χ1n) is 5.69. The van der Waals surface area contributed by atoms with Gasteiger partial charge >= 0.3 is 0 Å². The third-order valence-electron chi connectivity index (χ3n) is 2.05. The van der Waals surface area contributed by atoms with Gasteiger partial charge in [0.2, 0.25) is 0 Å². The van der Waals surface area contributed by atoms with Gasteiger partial charge in [-0.25, -0.2) is 8.78 Å². The van der Waals surface area contributed by atoms with Crippen molar-refractivity contribution in [1.29, 1.82) is 0 Å². The minimum Gasteiger partial charge on any atom is -0.203 e. The Bertz CT molecular complexity index is 439. The van der Waals surface area contributed by atoms with Crippen LogP contribution in [-0.2, 0) is 0 Å². The molecule has 0 aliphatic rings. The molecule has 1 heterocycles. The predicted molar refractivity (Wildman–Crippen MR) is 69.5 cm³/mol. The predicted octanol–water partition coefficient (Wildman–Crippen LogP) is 4.64. The van der Waals surface area contributed by atoms with Crippen molar-refractivity contribution >= 4 is 22.8 Å². The summed E-state index contributed by atoms with van der Waals surface area (Å²) >= 11 is 0.965. The largest absolute Gasteiger partial charge is 0.203 e. The van der Waals surface area contributed by atoms with E-state index in [4.69, 9.17) is 0 Å². The molecule has 2 aromatic rings. The number of benzene rings is 1. The van der Waals surface area contributed by atoms with Crippen LogP contribution in [0.15, 0.2) is 0 Å². The van der Waals surface area contributed by atoms with Crippen LogP contribution >= 0.6 is 11.7 Å². The van der Waals surface area contributed by atoms with Crippen LogP contribution in [0, 0.1) is 25.5 Å². The van der Waals surface area contributed by atoms with Crippen LogP contribution in [0.5, 0.6) is 0 Å². The fourth-order valence-corrected chi connectivity index (χ4v) is 1.87. The molecular formula is C12H18F2N2S. The normalized spacial score (nSPS) is 9.18. The average Bonchev–Trinajstić information content (AvgIpc) is 2.88. The summed E-state index contributed by atoms with van der Waals surface area (Å²) in [5.74, 6) is -1.64. The molecule has 0 spiro atoms. The van der Waals surface area contributed by atoms with Gasteiger partial charge in [-0.05, 0) is 13.8 Å². The van der Waals surface area contributed by atoms with Crippen LogP contribution in [0.3, 0.4) is 0 Å². The van der Waals surface area contributed by atoms with E-state index in [0.717, 1.165) is 11.7 Å². The van der Waals surface area contributed by atoms with Gasteiger partial charge in [-0.15, -0.1) is 0 Å². The van der Waals surface area contributed by atoms with Crippen molar-refractivity contribution in [3.63, 3.8) is 0 Å². The third-order valence-corrected chi connectivity index (χ3v) is 2.58. The summed E-state index contributed by atoms with van der Waals surface area (Å²) in [5, 5.41) is 0. The van der Waals surface area contributed by atoms with E-state index in [9.17, 15) is 8.78 Å². The standard InChI is InChI=1S/C8H6F2N2S.2C2H6/c1-3-5(9)6(10)4(2)8-7(3)11-13-12-8;2*1-2/h1-2H3;2*1-2H3. The highest BCUT2D eigenvalue weighted by molar-refractivity contribution is 7.00. The van der Waals surface area contributed by atoms with Crippen molar-refractivity contribution in [2.75, 3.05) is 0 Å². The van der Waals surface area contributed by atoms with Crippen LogP contribution in [0.4, 0.5) is 8.78 Å². The summed E-state index contributed by atoms with van der Waals surface area (Å²) < 4.78 is 34.1. The molecule has 0 aliphatic heterocycles. The minimum atomic E-state index is -0.822. The lowest BCUT2D eigenvalue weighted by molar-refractivity contribution is 0.500. The van der Waals surface area contributed by atoms with E-state index in [-0.39, 0.29) is 11.1 Å². The van der Waals surface area contributed by atoms with E-state index in [1.54, 1.807) is 0 Å². The van der Waals surface area contributed by atoms with E-state index in [1.807, 2.05) is 27.7 Å². The Labute approximate surface area is 105 Å². The van der Waals surface area contributed by atoms with Crippen LogP contribution in [0.2, 0.25) is 0 Å². The highest BCUT2D eigenvalue weighted by Gasteiger charge is 2.16. The molecule has 0 atom stereocenters. The Morgan fingerprint density at radius 2 is 1.06 bits per heavy atom. The van der Waals surface area contributed by atoms with E-state index in [2.05, 4.69) is 8.75 Å². The second-order valence-corrected chi connectivity index (χ2v) is 3.37. The molecule has 0 aliphatic carbocycles. The maximum absolute atomic E-state index is 13.2. The fourth-order valence-electron chi connectivity index (χ4n) is 1.22. The van der Waals surface area contributed by atoms with Gasteiger partial charge in [-0.2, -0.15) is 8.75 Å². The molecule has 0 N–H and O–H groups in total. The van der Waals surface area contributed by atoms with Gasteiger partial charge in [0.05, 0.1) is 11.7 Å². The molecule has 2 rings (SSSR count). The number of halogens is 2. The van der Waals surface area contributed by atoms with Gasteiger partial charge in [-0.1, -0.05) is 27.7 Å². The summed E-state index contributed by atoms with van der Waals surface area (Å²) in [7, 11) is 0. The number of fused-ring (bicyclic) bond motifs is 1. The Kier molecular flexibility index (Phi) is 6.80. The van der Waals surface area contributed by atoms with E-state index in [0.29, 0.717) is 11.0 Å². The summed E-state index contributed by atoms with van der Waals surface area (Å²) in [4.78, 5) is 0. The zero-order chi connectivity index (χ0) is 13.6. The zero-order valence-electron chi connectivity index (χ0n) is 11.1. The second kappa shape index (κ2) is 7.27. The molecule has 5 heteroatoms. The van der Waals surface area contributed by atoms with Crippen molar-refractivity contribution < 1.29 is 8.78 Å². The molecular weight excluding hydrogens is 242 g/mol. The van der Waals surface area contributed by atoms with Gasteiger partial charge in [0.15, 0.2) is 11.6 Å². The molecule has 0 fully saturated rings. The molecule has 0 saturated carbocycles. The van der Waals surface area contributed by atoms with Crippen LogP contribution in [-0.4, -0.2) is 8.75 Å². The molecule has 0 radical (unpaired) electrons. The van der Waals surface area contributed by atoms with E-state index in [1.165, 1.54) is 13.8 Å². The smallest absolute Gasteiger partial charge is 0.164 e. The lowest BCUT2D eigenvalue weighted by Crippen LogP contribution is -1.95. The van der Waals surface area contributed by atoms with Gasteiger partial charge in [0.25, 0.3) is 0 Å². The lowest BCUT2D eigenvalue weighted by Gasteiger charge is -2.01. The molecule has 1 aromatic carbocycles. The van der Waals surface area contributed by atoms with E-state index >= 15 is 0 Å². The van der Waals surface area contributed by atoms with Gasteiger partial charge in [0.1, 0.15) is 11.0 Å². The molecule has 96 valence electrons. The van der Waals surface area contributed by atoms with Crippen LogP contribution in [0.25, 0.3) is 11.0 Å². The Morgan fingerprint density at radius 1 is 0.765 bits per heavy atom. The SMILES string of the molecule is CC.CC.Cc1c(F)c(F)c(C)c2nsnc12.